The lowest BCUT2D eigenvalue weighted by Gasteiger charge is -2.17. The van der Waals surface area contributed by atoms with Crippen LogP contribution in [0.15, 0.2) is 36.5 Å². The molecule has 1 atom stereocenters. The van der Waals surface area contributed by atoms with Crippen LogP contribution in [0.3, 0.4) is 0 Å². The highest BCUT2D eigenvalue weighted by molar-refractivity contribution is 5.80. The standard InChI is InChI=1S/C32H55NO5/c1-3-5-6-7-8-9-10-11-12-13-14-15-16-17-18-19-23-27-32(37)38-29(24-4-2)25-21-20-22-26-30(34)33-28-31(35)36/h5-6,8-9,11-12,29H,3-4,7,10,13-28H2,1-2H3,(H,33,34)(H,35,36)/b6-5-,9-8-,12-11-. The maximum Gasteiger partial charge on any atom is 0.322 e. The van der Waals surface area contributed by atoms with Crippen molar-refractivity contribution in [3.63, 3.8) is 0 Å². The van der Waals surface area contributed by atoms with E-state index < -0.39 is 5.97 Å². The molecule has 0 aliphatic carbocycles. The molecule has 218 valence electrons. The topological polar surface area (TPSA) is 92.7 Å². The molecular formula is C32H55NO5. The Morgan fingerprint density at radius 3 is 1.95 bits per heavy atom. The van der Waals surface area contributed by atoms with E-state index in [1.54, 1.807) is 0 Å². The monoisotopic (exact) mass is 533 g/mol. The fraction of sp³-hybridized carbons (Fsp3) is 0.719. The third-order valence-corrected chi connectivity index (χ3v) is 6.31. The number of allylic oxidation sites excluding steroid dienone is 6. The van der Waals surface area contributed by atoms with Crippen LogP contribution in [0, 0.1) is 0 Å². The van der Waals surface area contributed by atoms with Crippen molar-refractivity contribution in [2.45, 2.75) is 142 Å². The Bertz CT molecular complexity index is 683. The van der Waals surface area contributed by atoms with Gasteiger partial charge >= 0.3 is 11.9 Å². The number of hydrogen-bond donors (Lipinski definition) is 2. The highest BCUT2D eigenvalue weighted by atomic mass is 16.5. The van der Waals surface area contributed by atoms with Gasteiger partial charge in [0.2, 0.25) is 5.91 Å². The molecule has 0 aromatic rings. The van der Waals surface area contributed by atoms with E-state index in [2.05, 4.69) is 55.6 Å². The second-order valence-corrected chi connectivity index (χ2v) is 9.98. The first-order valence-corrected chi connectivity index (χ1v) is 15.1. The van der Waals surface area contributed by atoms with E-state index in [9.17, 15) is 14.4 Å². The summed E-state index contributed by atoms with van der Waals surface area (Å²) in [6.07, 6.45) is 31.9. The van der Waals surface area contributed by atoms with Crippen molar-refractivity contribution < 1.29 is 24.2 Å². The van der Waals surface area contributed by atoms with Crippen LogP contribution in [0.2, 0.25) is 0 Å². The molecule has 1 amide bonds. The molecule has 6 nitrogen and oxygen atoms in total. The van der Waals surface area contributed by atoms with Gasteiger partial charge in [-0.3, -0.25) is 14.4 Å². The number of nitrogens with one attached hydrogen (secondary N) is 1. The Labute approximate surface area is 232 Å². The lowest BCUT2D eigenvalue weighted by molar-refractivity contribution is -0.150. The molecule has 0 heterocycles. The van der Waals surface area contributed by atoms with Gasteiger partial charge in [-0.2, -0.15) is 0 Å². The Morgan fingerprint density at radius 1 is 0.711 bits per heavy atom. The van der Waals surface area contributed by atoms with Crippen molar-refractivity contribution in [1.29, 1.82) is 0 Å². The number of carboxylic acid groups (broad SMARTS) is 1. The van der Waals surface area contributed by atoms with E-state index in [-0.39, 0.29) is 24.5 Å². The molecule has 0 aromatic carbocycles. The van der Waals surface area contributed by atoms with Crippen molar-refractivity contribution in [2.24, 2.45) is 0 Å². The lowest BCUT2D eigenvalue weighted by Crippen LogP contribution is -2.28. The predicted octanol–water partition coefficient (Wildman–Crippen LogP) is 8.22. The van der Waals surface area contributed by atoms with E-state index in [4.69, 9.17) is 9.84 Å². The predicted molar refractivity (Wildman–Crippen MR) is 157 cm³/mol. The van der Waals surface area contributed by atoms with Crippen LogP contribution in [0.5, 0.6) is 0 Å². The van der Waals surface area contributed by atoms with E-state index in [0.29, 0.717) is 19.3 Å². The second kappa shape index (κ2) is 27.7. The summed E-state index contributed by atoms with van der Waals surface area (Å²) in [5.41, 5.74) is 0. The molecule has 0 rings (SSSR count). The molecule has 0 fully saturated rings. The van der Waals surface area contributed by atoms with Gasteiger partial charge in [0.1, 0.15) is 12.6 Å². The minimum atomic E-state index is -1.03. The molecule has 0 spiro atoms. The fourth-order valence-corrected chi connectivity index (χ4v) is 4.17. The summed E-state index contributed by atoms with van der Waals surface area (Å²) in [6, 6.07) is 0. The zero-order chi connectivity index (χ0) is 28.1. The van der Waals surface area contributed by atoms with Crippen molar-refractivity contribution >= 4 is 17.8 Å². The summed E-state index contributed by atoms with van der Waals surface area (Å²) in [5, 5.41) is 10.9. The van der Waals surface area contributed by atoms with Crippen LogP contribution in [-0.4, -0.2) is 35.6 Å². The lowest BCUT2D eigenvalue weighted by atomic mass is 10.0. The van der Waals surface area contributed by atoms with Crippen LogP contribution in [0.4, 0.5) is 0 Å². The molecular weight excluding hydrogens is 478 g/mol. The number of rotatable bonds is 26. The van der Waals surface area contributed by atoms with E-state index >= 15 is 0 Å². The minimum absolute atomic E-state index is 0.0404. The Hall–Kier alpha value is -2.37. The number of ether oxygens (including phenoxy) is 1. The first-order valence-electron chi connectivity index (χ1n) is 15.1. The molecule has 0 aliphatic rings. The van der Waals surface area contributed by atoms with Crippen LogP contribution >= 0.6 is 0 Å². The zero-order valence-corrected chi connectivity index (χ0v) is 24.3. The Kier molecular flexibility index (Phi) is 25.9. The second-order valence-electron chi connectivity index (χ2n) is 9.98. The summed E-state index contributed by atoms with van der Waals surface area (Å²) in [6.45, 7) is 3.92. The van der Waals surface area contributed by atoms with Crippen LogP contribution in [0.25, 0.3) is 0 Å². The first kappa shape index (κ1) is 35.6. The Balaban J connectivity index is 3.68. The number of carbonyl (C=O) groups excluding carboxylic acids is 2. The highest BCUT2D eigenvalue weighted by Gasteiger charge is 2.13. The smallest absolute Gasteiger partial charge is 0.322 e. The average molecular weight is 534 g/mol. The van der Waals surface area contributed by atoms with E-state index in [0.717, 1.165) is 70.6 Å². The maximum absolute atomic E-state index is 12.3. The summed E-state index contributed by atoms with van der Waals surface area (Å²) >= 11 is 0. The van der Waals surface area contributed by atoms with Crippen molar-refractivity contribution in [2.75, 3.05) is 6.54 Å². The zero-order valence-electron chi connectivity index (χ0n) is 24.3. The molecule has 38 heavy (non-hydrogen) atoms. The highest BCUT2D eigenvalue weighted by Crippen LogP contribution is 2.16. The van der Waals surface area contributed by atoms with Crippen LogP contribution in [0.1, 0.15) is 136 Å². The quantitative estimate of drug-likeness (QED) is 0.0664. The molecule has 0 aliphatic heterocycles. The number of esters is 1. The summed E-state index contributed by atoms with van der Waals surface area (Å²) in [5.74, 6) is -1.35. The van der Waals surface area contributed by atoms with Gasteiger partial charge in [0.15, 0.2) is 0 Å². The summed E-state index contributed by atoms with van der Waals surface area (Å²) in [4.78, 5) is 34.3. The normalized spacial score (nSPS) is 12.5. The van der Waals surface area contributed by atoms with Crippen molar-refractivity contribution in [1.82, 2.24) is 5.32 Å². The van der Waals surface area contributed by atoms with Gasteiger partial charge in [-0.25, -0.2) is 0 Å². The molecule has 0 saturated carbocycles. The van der Waals surface area contributed by atoms with Crippen molar-refractivity contribution in [3.8, 4) is 0 Å². The SMILES string of the molecule is CC/C=C\C/C=C\C/C=C\CCCCCCCCCC(=O)OC(CCC)CCCCCC(=O)NCC(=O)O. The molecule has 6 heteroatoms. The molecule has 0 saturated heterocycles. The number of carbonyl (C=O) groups is 3. The van der Waals surface area contributed by atoms with E-state index in [1.807, 2.05) is 0 Å². The molecule has 1 unspecified atom stereocenters. The Morgan fingerprint density at radius 2 is 1.29 bits per heavy atom. The van der Waals surface area contributed by atoms with Crippen LogP contribution in [-0.2, 0) is 19.1 Å². The van der Waals surface area contributed by atoms with Gasteiger partial charge < -0.3 is 15.2 Å². The van der Waals surface area contributed by atoms with Gasteiger partial charge in [-0.05, 0) is 64.2 Å². The average Bonchev–Trinajstić information content (AvgIpc) is 2.89. The third kappa shape index (κ3) is 26.7. The first-order chi connectivity index (χ1) is 18.5. The van der Waals surface area contributed by atoms with Gasteiger partial charge in [-0.15, -0.1) is 0 Å². The van der Waals surface area contributed by atoms with Crippen molar-refractivity contribution in [3.05, 3.63) is 36.5 Å². The number of hydrogen-bond acceptors (Lipinski definition) is 4. The number of aliphatic carboxylic acids is 1. The molecule has 2 N–H and O–H groups in total. The molecule has 0 radical (unpaired) electrons. The number of carboxylic acids is 1. The van der Waals surface area contributed by atoms with Crippen LogP contribution < -0.4 is 5.32 Å². The fourth-order valence-electron chi connectivity index (χ4n) is 4.17. The summed E-state index contributed by atoms with van der Waals surface area (Å²) in [7, 11) is 0. The largest absolute Gasteiger partial charge is 0.480 e. The van der Waals surface area contributed by atoms with Gasteiger partial charge in [0, 0.05) is 12.8 Å². The maximum atomic E-state index is 12.3. The van der Waals surface area contributed by atoms with E-state index in [1.165, 1.54) is 32.1 Å². The number of amides is 1. The molecule has 0 bridgehead atoms. The third-order valence-electron chi connectivity index (χ3n) is 6.31. The molecule has 0 aromatic heterocycles. The van der Waals surface area contributed by atoms with Gasteiger partial charge in [0.05, 0.1) is 0 Å². The van der Waals surface area contributed by atoms with Gasteiger partial charge in [0.25, 0.3) is 0 Å². The minimum Gasteiger partial charge on any atom is -0.480 e. The van der Waals surface area contributed by atoms with Gasteiger partial charge in [-0.1, -0.05) is 95.2 Å². The number of unbranched alkanes of at least 4 members (excludes halogenated alkanes) is 9. The summed E-state index contributed by atoms with van der Waals surface area (Å²) < 4.78 is 5.72.